The second-order valence-electron chi connectivity index (χ2n) is 55.0. The van der Waals surface area contributed by atoms with Gasteiger partial charge >= 0.3 is 0 Å². The van der Waals surface area contributed by atoms with Gasteiger partial charge in [-0.3, -0.25) is 0 Å². The number of rotatable bonds is 9. The zero-order chi connectivity index (χ0) is 103. The molecule has 144 heavy (non-hydrogen) atoms. The van der Waals surface area contributed by atoms with Crippen molar-refractivity contribution < 1.29 is 0 Å². The van der Waals surface area contributed by atoms with Gasteiger partial charge in [-0.25, -0.2) is 0 Å². The first kappa shape index (κ1) is 98.7. The average Bonchev–Trinajstić information content (AvgIpc) is 1.12. The monoisotopic (exact) mass is 1890 g/mol. The van der Waals surface area contributed by atoms with Crippen molar-refractivity contribution in [3.8, 4) is 61.6 Å². The SMILES string of the molecule is CC(C)(C)c1ccc(-c2cccc(-c3ccc(C(C)(C)C)cc3C(C)(C)C)c2N2c3cc(-n4c5ccc(C(C)(C)C)cc5c5cc(C(C)(C)C)ccc54)ccc3B3c4ccc(-n5c6ccc(C(C)(C)C)cc6c6cc(C(C)(C)C)ccc65)cc4N(c4c(-c5ccc(C(C)(C)C)cc5)cccc4-c4ccc(C(C)(C)C)cc4C(C)(C)C)c4cc(-n5c6ccc(C(C)(C)C)cc6c6cc(C(C)(C)C)ccc65)cc2c43)cc1. The van der Waals surface area contributed by atoms with Crippen molar-refractivity contribution in [1.29, 1.82) is 0 Å². The zero-order valence-corrected chi connectivity index (χ0v) is 93.4. The van der Waals surface area contributed by atoms with Crippen LogP contribution in [0, 0.1) is 0 Å². The van der Waals surface area contributed by atoms with E-state index in [9.17, 15) is 0 Å². The van der Waals surface area contributed by atoms with Crippen LogP contribution in [0.3, 0.4) is 0 Å². The Morgan fingerprint density at radius 2 is 0.396 bits per heavy atom. The van der Waals surface area contributed by atoms with Gasteiger partial charge in [-0.15, -0.1) is 0 Å². The fraction of sp³-hybridized carbons (Fsp3) is 0.348. The van der Waals surface area contributed by atoms with Crippen molar-refractivity contribution in [2.24, 2.45) is 0 Å². The molecule has 0 amide bonds. The molecule has 5 heterocycles. The fourth-order valence-electron chi connectivity index (χ4n) is 23.0. The lowest BCUT2D eigenvalue weighted by Gasteiger charge is -2.46. The third-order valence-corrected chi connectivity index (χ3v) is 31.9. The quantitative estimate of drug-likeness (QED) is 0.134. The molecule has 15 aromatic carbocycles. The summed E-state index contributed by atoms with van der Waals surface area (Å²) in [4.78, 5) is 5.68. The Morgan fingerprint density at radius 1 is 0.174 bits per heavy atom. The molecule has 0 aliphatic carbocycles. The molecule has 0 radical (unpaired) electrons. The van der Waals surface area contributed by atoms with Gasteiger partial charge in [0.1, 0.15) is 0 Å². The highest BCUT2D eigenvalue weighted by Gasteiger charge is 2.48. The van der Waals surface area contributed by atoms with Crippen LogP contribution in [0.4, 0.5) is 34.1 Å². The zero-order valence-electron chi connectivity index (χ0n) is 93.4. The Morgan fingerprint density at radius 3 is 0.646 bits per heavy atom. The van der Waals surface area contributed by atoms with E-state index in [1.165, 1.54) is 149 Å². The van der Waals surface area contributed by atoms with Crippen LogP contribution in [0.2, 0.25) is 0 Å². The molecule has 2 aliphatic rings. The normalized spacial score (nSPS) is 13.9. The van der Waals surface area contributed by atoms with Crippen molar-refractivity contribution in [3.05, 3.63) is 346 Å². The first-order chi connectivity index (χ1) is 67.0. The summed E-state index contributed by atoms with van der Waals surface area (Å²) < 4.78 is 7.91. The summed E-state index contributed by atoms with van der Waals surface area (Å²) >= 11 is 0. The molecule has 5 nitrogen and oxygen atoms in total. The lowest BCUT2D eigenvalue weighted by Crippen LogP contribution is -2.61. The highest BCUT2D eigenvalue weighted by atomic mass is 15.2. The Balaban J connectivity index is 1.04. The number of fused-ring (bicyclic) bond motifs is 13. The van der Waals surface area contributed by atoms with Crippen LogP contribution in [0.1, 0.15) is 316 Å². The lowest BCUT2D eigenvalue weighted by molar-refractivity contribution is 0.569. The molecular weight excluding hydrogens is 1740 g/mol. The van der Waals surface area contributed by atoms with Gasteiger partial charge in [-0.1, -0.05) is 419 Å². The van der Waals surface area contributed by atoms with E-state index in [1.807, 2.05) is 0 Å². The number of para-hydroxylation sites is 2. The molecule has 0 saturated heterocycles. The van der Waals surface area contributed by atoms with E-state index in [-0.39, 0.29) is 71.7 Å². The predicted octanol–water partition coefficient (Wildman–Crippen LogP) is 37.3. The van der Waals surface area contributed by atoms with E-state index in [1.54, 1.807) is 0 Å². The van der Waals surface area contributed by atoms with Gasteiger partial charge in [-0.2, -0.15) is 0 Å². The topological polar surface area (TPSA) is 21.3 Å². The standard InChI is InChI=1S/C138H154BN5/c1-127(2,3)85-47-43-83(44-48-85)98-39-37-41-102(100-61-51-93(135(25,26)27)77-110(100)137(31,32)33)125(98)143-120-79-95(140-114-65-53-87(129(7,8)9)71-104(114)105-72-88(130(10,11)12)54-66-115(105)140)59-63-112(120)139-113-64-60-96(141-116-67-55-89(131(13,14)15)73-106(116)107-74-90(132(16,17)18)56-68-117(107)141)80-121(113)144(123-82-97(81-122(143)124(123)139)142-118-69-57-91(133(19,20)21)75-108(118)109-76-92(134(22,23)24)58-70-119(109)142)126-99(84-45-49-86(50-46-84)128(4,5)6)40-38-42-103(126)101-62-52-94(136(28,29)30)78-111(101)138(34,35)36/h37-82H,1-36H3. The number of hydrogen-bond donors (Lipinski definition) is 0. The van der Waals surface area contributed by atoms with E-state index in [2.05, 4.69) is 552 Å². The van der Waals surface area contributed by atoms with Crippen LogP contribution in [0.25, 0.3) is 127 Å². The van der Waals surface area contributed by atoms with Gasteiger partial charge in [-0.05, 0) is 280 Å². The van der Waals surface area contributed by atoms with Crippen molar-refractivity contribution in [3.63, 3.8) is 0 Å². The molecule has 0 atom stereocenters. The molecule has 0 saturated carbocycles. The second kappa shape index (κ2) is 33.5. The van der Waals surface area contributed by atoms with Gasteiger partial charge < -0.3 is 23.5 Å². The van der Waals surface area contributed by atoms with Crippen molar-refractivity contribution in [1.82, 2.24) is 13.7 Å². The number of benzene rings is 15. The van der Waals surface area contributed by atoms with Crippen molar-refractivity contribution in [2.45, 2.75) is 314 Å². The van der Waals surface area contributed by atoms with Crippen molar-refractivity contribution >= 4 is 123 Å². The first-order valence-electron chi connectivity index (χ1n) is 53.1. The minimum absolute atomic E-state index is 0.111. The van der Waals surface area contributed by atoms with Crippen LogP contribution >= 0.6 is 0 Å². The van der Waals surface area contributed by atoms with E-state index in [4.69, 9.17) is 0 Å². The molecule has 20 rings (SSSR count). The third-order valence-electron chi connectivity index (χ3n) is 31.9. The molecule has 0 N–H and O–H groups in total. The molecule has 2 aliphatic heterocycles. The molecule has 6 heteroatoms. The smallest absolute Gasteiger partial charge is 0.252 e. The predicted molar refractivity (Wildman–Crippen MR) is 630 cm³/mol. The van der Waals surface area contributed by atoms with Crippen LogP contribution in [0.5, 0.6) is 0 Å². The largest absolute Gasteiger partial charge is 0.310 e. The Labute approximate surface area is 861 Å². The molecule has 0 fully saturated rings. The van der Waals surface area contributed by atoms with E-state index < -0.39 is 0 Å². The van der Waals surface area contributed by atoms with E-state index >= 15 is 0 Å². The van der Waals surface area contributed by atoms with Gasteiger partial charge in [0.2, 0.25) is 0 Å². The number of anilines is 6. The van der Waals surface area contributed by atoms with Crippen LogP contribution in [0.15, 0.2) is 279 Å². The molecule has 3 aromatic heterocycles. The number of nitrogens with zero attached hydrogens (tertiary/aromatic N) is 5. The van der Waals surface area contributed by atoms with Gasteiger partial charge in [0, 0.05) is 88.7 Å². The molecule has 0 spiro atoms. The summed E-state index contributed by atoms with van der Waals surface area (Å²) in [5, 5.41) is 7.47. The fourth-order valence-corrected chi connectivity index (χ4v) is 23.0. The summed E-state index contributed by atoms with van der Waals surface area (Å²) in [6, 6.07) is 114. The van der Waals surface area contributed by atoms with Gasteiger partial charge in [0.05, 0.1) is 50.2 Å². The van der Waals surface area contributed by atoms with Crippen LogP contribution in [-0.2, 0) is 65.0 Å². The molecule has 18 aromatic rings. The van der Waals surface area contributed by atoms with Crippen molar-refractivity contribution in [2.75, 3.05) is 9.80 Å². The first-order valence-corrected chi connectivity index (χ1v) is 53.1. The summed E-state index contributed by atoms with van der Waals surface area (Å²) in [7, 11) is 0. The average molecular weight is 1890 g/mol. The van der Waals surface area contributed by atoms with Gasteiger partial charge in [0.15, 0.2) is 0 Å². The minimum atomic E-state index is -0.383. The number of aromatic nitrogens is 3. The third kappa shape index (κ3) is 17.1. The minimum Gasteiger partial charge on any atom is -0.310 e. The number of hydrogen-bond acceptors (Lipinski definition) is 2. The highest BCUT2D eigenvalue weighted by Crippen LogP contribution is 2.58. The Kier molecular flexibility index (Phi) is 22.9. The highest BCUT2D eigenvalue weighted by molar-refractivity contribution is 7.00. The Bertz CT molecular complexity index is 7640. The lowest BCUT2D eigenvalue weighted by atomic mass is 9.33. The summed E-state index contributed by atoms with van der Waals surface area (Å²) in [5.41, 5.74) is 43.5. The van der Waals surface area contributed by atoms with Gasteiger partial charge in [0.25, 0.3) is 6.71 Å². The molecule has 0 unspecified atom stereocenters. The van der Waals surface area contributed by atoms with E-state index in [0.29, 0.717) is 0 Å². The maximum Gasteiger partial charge on any atom is 0.252 e. The van der Waals surface area contributed by atoms with Crippen LogP contribution in [-0.4, -0.2) is 20.4 Å². The summed E-state index contributed by atoms with van der Waals surface area (Å²) in [6.07, 6.45) is 0. The molecular formula is C138H154BN5. The maximum atomic E-state index is 2.84. The second-order valence-corrected chi connectivity index (χ2v) is 55.0. The molecule has 734 valence electrons. The van der Waals surface area contributed by atoms with E-state index in [0.717, 1.165) is 95.6 Å². The maximum absolute atomic E-state index is 2.84. The summed E-state index contributed by atoms with van der Waals surface area (Å²) in [6.45, 7) is 85.1. The Hall–Kier alpha value is -12.6. The molecule has 0 bridgehead atoms. The van der Waals surface area contributed by atoms with Crippen LogP contribution < -0.4 is 26.2 Å². The summed E-state index contributed by atoms with van der Waals surface area (Å²) in [5.74, 6) is 0.